The van der Waals surface area contributed by atoms with Crippen molar-refractivity contribution in [2.75, 3.05) is 19.8 Å². The minimum atomic E-state index is -0.692. The molecule has 1 fully saturated rings. The van der Waals surface area contributed by atoms with E-state index in [4.69, 9.17) is 15.2 Å². The summed E-state index contributed by atoms with van der Waals surface area (Å²) in [6.07, 6.45) is 1.73. The third kappa shape index (κ3) is 3.17. The Balaban J connectivity index is 2.00. The van der Waals surface area contributed by atoms with Crippen LogP contribution in [0.15, 0.2) is 12.1 Å². The largest absolute Gasteiger partial charge is 0.487 e. The smallest absolute Gasteiger partial charge is 0.190 e. The van der Waals surface area contributed by atoms with Gasteiger partial charge in [0, 0.05) is 19.8 Å². The van der Waals surface area contributed by atoms with Gasteiger partial charge in [-0.2, -0.15) is 0 Å². The van der Waals surface area contributed by atoms with Crippen LogP contribution in [0, 0.1) is 17.6 Å². The van der Waals surface area contributed by atoms with Crippen molar-refractivity contribution in [3.05, 3.63) is 29.3 Å². The van der Waals surface area contributed by atoms with E-state index in [0.717, 1.165) is 12.8 Å². The maximum Gasteiger partial charge on any atom is 0.190 e. The SMILES string of the molecule is NCc1cc(F)c(OCC2CCOCC2)c(F)c1. The van der Waals surface area contributed by atoms with E-state index in [-0.39, 0.29) is 12.3 Å². The molecule has 0 bridgehead atoms. The fourth-order valence-electron chi connectivity index (χ4n) is 1.98. The summed E-state index contributed by atoms with van der Waals surface area (Å²) in [7, 11) is 0. The highest BCUT2D eigenvalue weighted by atomic mass is 19.1. The number of hydrogen-bond acceptors (Lipinski definition) is 3. The lowest BCUT2D eigenvalue weighted by Gasteiger charge is -2.22. The molecule has 1 saturated heterocycles. The molecule has 0 spiro atoms. The van der Waals surface area contributed by atoms with Crippen LogP contribution in [0.25, 0.3) is 0 Å². The average Bonchev–Trinajstić information content (AvgIpc) is 2.38. The maximum atomic E-state index is 13.6. The summed E-state index contributed by atoms with van der Waals surface area (Å²) < 4.78 is 37.7. The van der Waals surface area contributed by atoms with Gasteiger partial charge in [-0.25, -0.2) is 8.78 Å². The van der Waals surface area contributed by atoms with Crippen LogP contribution in [0.5, 0.6) is 5.75 Å². The average molecular weight is 257 g/mol. The summed E-state index contributed by atoms with van der Waals surface area (Å²) in [6.45, 7) is 1.80. The molecular formula is C13H17F2NO2. The molecule has 5 heteroatoms. The summed E-state index contributed by atoms with van der Waals surface area (Å²) >= 11 is 0. The van der Waals surface area contributed by atoms with Gasteiger partial charge in [-0.15, -0.1) is 0 Å². The quantitative estimate of drug-likeness (QED) is 0.899. The Morgan fingerprint density at radius 3 is 2.39 bits per heavy atom. The molecule has 2 N–H and O–H groups in total. The fraction of sp³-hybridized carbons (Fsp3) is 0.538. The van der Waals surface area contributed by atoms with E-state index in [1.165, 1.54) is 12.1 Å². The van der Waals surface area contributed by atoms with Gasteiger partial charge in [-0.05, 0) is 36.5 Å². The molecule has 1 heterocycles. The van der Waals surface area contributed by atoms with Crippen molar-refractivity contribution >= 4 is 0 Å². The first-order valence-corrected chi connectivity index (χ1v) is 6.09. The van der Waals surface area contributed by atoms with Crippen LogP contribution in [0.1, 0.15) is 18.4 Å². The van der Waals surface area contributed by atoms with Gasteiger partial charge in [0.2, 0.25) is 0 Å². The molecular weight excluding hydrogens is 240 g/mol. The highest BCUT2D eigenvalue weighted by molar-refractivity contribution is 5.31. The van der Waals surface area contributed by atoms with E-state index < -0.39 is 11.6 Å². The van der Waals surface area contributed by atoms with E-state index in [1.807, 2.05) is 0 Å². The third-order valence-electron chi connectivity index (χ3n) is 3.10. The lowest BCUT2D eigenvalue weighted by atomic mass is 10.0. The Hall–Kier alpha value is -1.20. The third-order valence-corrected chi connectivity index (χ3v) is 3.10. The highest BCUT2D eigenvalue weighted by Crippen LogP contribution is 2.25. The molecule has 0 radical (unpaired) electrons. The number of halogens is 2. The summed E-state index contributed by atoms with van der Waals surface area (Å²) in [6, 6.07) is 2.42. The molecule has 0 unspecified atom stereocenters. The first-order valence-electron chi connectivity index (χ1n) is 6.09. The molecule has 18 heavy (non-hydrogen) atoms. The highest BCUT2D eigenvalue weighted by Gasteiger charge is 2.17. The Morgan fingerprint density at radius 1 is 1.22 bits per heavy atom. The number of benzene rings is 1. The summed E-state index contributed by atoms with van der Waals surface area (Å²) in [5.41, 5.74) is 5.76. The van der Waals surface area contributed by atoms with Crippen LogP contribution in [0.2, 0.25) is 0 Å². The molecule has 0 aliphatic carbocycles. The second kappa shape index (κ2) is 6.11. The summed E-state index contributed by atoms with van der Waals surface area (Å²) in [4.78, 5) is 0. The first kappa shape index (κ1) is 13.2. The van der Waals surface area contributed by atoms with Crippen LogP contribution in [0.3, 0.4) is 0 Å². The topological polar surface area (TPSA) is 44.5 Å². The molecule has 100 valence electrons. The lowest BCUT2D eigenvalue weighted by Crippen LogP contribution is -2.22. The van der Waals surface area contributed by atoms with Crippen molar-refractivity contribution in [1.82, 2.24) is 0 Å². The monoisotopic (exact) mass is 257 g/mol. The van der Waals surface area contributed by atoms with Crippen molar-refractivity contribution < 1.29 is 18.3 Å². The van der Waals surface area contributed by atoms with E-state index >= 15 is 0 Å². The van der Waals surface area contributed by atoms with Gasteiger partial charge >= 0.3 is 0 Å². The Labute approximate surface area is 105 Å². The molecule has 2 rings (SSSR count). The van der Waals surface area contributed by atoms with E-state index in [0.29, 0.717) is 31.3 Å². The molecule has 1 aromatic carbocycles. The normalized spacial score (nSPS) is 16.8. The Kier molecular flexibility index (Phi) is 4.49. The van der Waals surface area contributed by atoms with Gasteiger partial charge in [0.25, 0.3) is 0 Å². The standard InChI is InChI=1S/C13H17F2NO2/c14-11-5-10(7-16)6-12(15)13(11)18-8-9-1-3-17-4-2-9/h5-6,9H,1-4,7-8,16H2. The Morgan fingerprint density at radius 2 is 1.83 bits per heavy atom. The molecule has 0 saturated carbocycles. The number of nitrogens with two attached hydrogens (primary N) is 1. The minimum Gasteiger partial charge on any atom is -0.487 e. The zero-order chi connectivity index (χ0) is 13.0. The van der Waals surface area contributed by atoms with Gasteiger partial charge in [-0.3, -0.25) is 0 Å². The van der Waals surface area contributed by atoms with Crippen molar-refractivity contribution in [3.63, 3.8) is 0 Å². The first-order chi connectivity index (χ1) is 8.70. The minimum absolute atomic E-state index is 0.105. The number of rotatable bonds is 4. The summed E-state index contributed by atoms with van der Waals surface area (Å²) in [5, 5.41) is 0. The predicted octanol–water partition coefficient (Wildman–Crippen LogP) is 2.23. The van der Waals surface area contributed by atoms with Crippen LogP contribution < -0.4 is 10.5 Å². The van der Waals surface area contributed by atoms with Crippen LogP contribution in [0.4, 0.5) is 8.78 Å². The fourth-order valence-corrected chi connectivity index (χ4v) is 1.98. The molecule has 0 amide bonds. The lowest BCUT2D eigenvalue weighted by molar-refractivity contribution is 0.0485. The van der Waals surface area contributed by atoms with Crippen LogP contribution in [-0.2, 0) is 11.3 Å². The van der Waals surface area contributed by atoms with Gasteiger partial charge in [0.15, 0.2) is 17.4 Å². The molecule has 1 aromatic rings. The van der Waals surface area contributed by atoms with Crippen molar-refractivity contribution in [3.8, 4) is 5.75 Å². The zero-order valence-electron chi connectivity index (χ0n) is 10.1. The van der Waals surface area contributed by atoms with Gasteiger partial charge < -0.3 is 15.2 Å². The second-order valence-corrected chi connectivity index (χ2v) is 4.46. The van der Waals surface area contributed by atoms with Crippen molar-refractivity contribution in [2.45, 2.75) is 19.4 Å². The van der Waals surface area contributed by atoms with E-state index in [2.05, 4.69) is 0 Å². The van der Waals surface area contributed by atoms with Crippen molar-refractivity contribution in [2.24, 2.45) is 11.7 Å². The predicted molar refractivity (Wildman–Crippen MR) is 63.3 cm³/mol. The zero-order valence-corrected chi connectivity index (χ0v) is 10.1. The number of hydrogen-bond donors (Lipinski definition) is 1. The summed E-state index contributed by atoms with van der Waals surface area (Å²) in [5.74, 6) is -1.39. The molecule has 3 nitrogen and oxygen atoms in total. The molecule has 0 aromatic heterocycles. The number of ether oxygens (including phenoxy) is 2. The molecule has 0 atom stereocenters. The van der Waals surface area contributed by atoms with E-state index in [9.17, 15) is 8.78 Å². The maximum absolute atomic E-state index is 13.6. The van der Waals surface area contributed by atoms with E-state index in [1.54, 1.807) is 0 Å². The second-order valence-electron chi connectivity index (χ2n) is 4.46. The molecule has 1 aliphatic heterocycles. The Bertz CT molecular complexity index is 383. The van der Waals surface area contributed by atoms with Crippen LogP contribution in [-0.4, -0.2) is 19.8 Å². The molecule has 1 aliphatic rings. The van der Waals surface area contributed by atoms with Gasteiger partial charge in [0.05, 0.1) is 6.61 Å². The van der Waals surface area contributed by atoms with Crippen LogP contribution >= 0.6 is 0 Å². The van der Waals surface area contributed by atoms with Crippen molar-refractivity contribution in [1.29, 1.82) is 0 Å². The van der Waals surface area contributed by atoms with Gasteiger partial charge in [-0.1, -0.05) is 0 Å². The van der Waals surface area contributed by atoms with Gasteiger partial charge in [0.1, 0.15) is 0 Å².